The van der Waals surface area contributed by atoms with Gasteiger partial charge in [0.2, 0.25) is 0 Å². The van der Waals surface area contributed by atoms with E-state index in [0.717, 1.165) is 25.3 Å². The van der Waals surface area contributed by atoms with Crippen molar-refractivity contribution in [2.45, 2.75) is 46.0 Å². The fourth-order valence-corrected chi connectivity index (χ4v) is 5.47. The lowest BCUT2D eigenvalue weighted by Gasteiger charge is -2.46. The van der Waals surface area contributed by atoms with E-state index in [1.54, 1.807) is 7.11 Å². The number of methoxy groups -OCH3 is 1. The Bertz CT molecular complexity index is 739. The Balaban J connectivity index is 1.73. The molecular formula is C26H37NO. The largest absolute Gasteiger partial charge is 0.497 e. The van der Waals surface area contributed by atoms with Gasteiger partial charge in [-0.3, -0.25) is 0 Å². The summed E-state index contributed by atoms with van der Waals surface area (Å²) in [6.07, 6.45) is 3.70. The number of likely N-dealkylation sites (N-methyl/N-ethyl adjacent to an activating group) is 1. The molecule has 2 unspecified atom stereocenters. The highest BCUT2D eigenvalue weighted by atomic mass is 16.5. The van der Waals surface area contributed by atoms with Gasteiger partial charge in [-0.25, -0.2) is 0 Å². The summed E-state index contributed by atoms with van der Waals surface area (Å²) in [7, 11) is 4.05. The smallest absolute Gasteiger partial charge is 0.119 e. The highest BCUT2D eigenvalue weighted by Gasteiger charge is 2.40. The van der Waals surface area contributed by atoms with Gasteiger partial charge in [0.25, 0.3) is 0 Å². The molecule has 3 rings (SSSR count). The number of hydrogen-bond donors (Lipinski definition) is 0. The molecule has 2 heteroatoms. The second kappa shape index (κ2) is 9.13. The van der Waals surface area contributed by atoms with Crippen LogP contribution in [0.1, 0.15) is 50.7 Å². The molecule has 0 heterocycles. The van der Waals surface area contributed by atoms with E-state index in [2.05, 4.69) is 87.3 Å². The lowest BCUT2D eigenvalue weighted by atomic mass is 9.60. The summed E-state index contributed by atoms with van der Waals surface area (Å²) in [5.41, 5.74) is 3.29. The summed E-state index contributed by atoms with van der Waals surface area (Å²) >= 11 is 0. The summed E-state index contributed by atoms with van der Waals surface area (Å²) in [6.45, 7) is 9.61. The molecule has 2 aromatic rings. The highest BCUT2D eigenvalue weighted by Crippen LogP contribution is 2.50. The van der Waals surface area contributed by atoms with E-state index < -0.39 is 0 Å². The van der Waals surface area contributed by atoms with Crippen molar-refractivity contribution in [3.63, 3.8) is 0 Å². The third-order valence-corrected chi connectivity index (χ3v) is 6.46. The van der Waals surface area contributed by atoms with Gasteiger partial charge in [0.1, 0.15) is 5.75 Å². The van der Waals surface area contributed by atoms with Crippen LogP contribution in [0, 0.1) is 17.3 Å². The summed E-state index contributed by atoms with van der Waals surface area (Å²) < 4.78 is 5.52. The number of rotatable bonds is 7. The van der Waals surface area contributed by atoms with Crippen molar-refractivity contribution in [1.82, 2.24) is 4.90 Å². The van der Waals surface area contributed by atoms with Crippen LogP contribution in [-0.4, -0.2) is 32.1 Å². The quantitative estimate of drug-likeness (QED) is 0.583. The van der Waals surface area contributed by atoms with Crippen LogP contribution in [0.5, 0.6) is 5.75 Å². The van der Waals surface area contributed by atoms with Gasteiger partial charge in [-0.05, 0) is 72.7 Å². The Morgan fingerprint density at radius 3 is 2.50 bits per heavy atom. The Morgan fingerprint density at radius 1 is 1.04 bits per heavy atom. The second-order valence-corrected chi connectivity index (χ2v) is 9.61. The van der Waals surface area contributed by atoms with Crippen molar-refractivity contribution in [3.05, 3.63) is 65.7 Å². The molecule has 1 saturated carbocycles. The minimum absolute atomic E-state index is 0.416. The van der Waals surface area contributed by atoms with Crippen molar-refractivity contribution in [2.24, 2.45) is 17.3 Å². The zero-order chi connectivity index (χ0) is 20.1. The molecule has 0 saturated heterocycles. The van der Waals surface area contributed by atoms with Crippen LogP contribution < -0.4 is 4.74 Å². The minimum Gasteiger partial charge on any atom is -0.497 e. The van der Waals surface area contributed by atoms with Gasteiger partial charge in [-0.2, -0.15) is 0 Å². The highest BCUT2D eigenvalue weighted by molar-refractivity contribution is 5.32. The maximum atomic E-state index is 5.52. The first kappa shape index (κ1) is 20.9. The fourth-order valence-electron chi connectivity index (χ4n) is 5.47. The van der Waals surface area contributed by atoms with Gasteiger partial charge < -0.3 is 9.64 Å². The Morgan fingerprint density at radius 2 is 1.79 bits per heavy atom. The van der Waals surface area contributed by atoms with Crippen molar-refractivity contribution >= 4 is 0 Å². The average Bonchev–Trinajstić information content (AvgIpc) is 2.66. The van der Waals surface area contributed by atoms with E-state index in [1.807, 2.05) is 0 Å². The number of benzene rings is 2. The molecule has 1 fully saturated rings. The summed E-state index contributed by atoms with van der Waals surface area (Å²) in [5, 5.41) is 0. The van der Waals surface area contributed by atoms with Crippen LogP contribution in [0.25, 0.3) is 0 Å². The molecule has 2 aromatic carbocycles. The van der Waals surface area contributed by atoms with Crippen LogP contribution in [0.2, 0.25) is 0 Å². The SMILES string of the molecule is COc1cccc(C2C(C)CC(C)(C)C[C@H]2CN(C)CCc2ccccc2)c1. The topological polar surface area (TPSA) is 12.5 Å². The molecule has 0 aliphatic heterocycles. The van der Waals surface area contributed by atoms with Crippen LogP contribution in [0.4, 0.5) is 0 Å². The zero-order valence-electron chi connectivity index (χ0n) is 18.3. The first-order valence-corrected chi connectivity index (χ1v) is 10.7. The van der Waals surface area contributed by atoms with E-state index >= 15 is 0 Å². The summed E-state index contributed by atoms with van der Waals surface area (Å²) in [4.78, 5) is 2.54. The van der Waals surface area contributed by atoms with E-state index in [-0.39, 0.29) is 0 Å². The summed E-state index contributed by atoms with van der Waals surface area (Å²) in [6, 6.07) is 19.6. The standard InChI is InChI=1S/C26H37NO/c1-20-17-26(2,3)18-23(25(20)22-12-9-13-24(16-22)28-5)19-27(4)15-14-21-10-7-6-8-11-21/h6-13,16,20,23,25H,14-15,17-19H2,1-5H3/t20?,23-,25?/m0/s1. The Labute approximate surface area is 171 Å². The van der Waals surface area contributed by atoms with Crippen molar-refractivity contribution in [2.75, 3.05) is 27.2 Å². The first-order valence-electron chi connectivity index (χ1n) is 10.7. The molecule has 1 aliphatic carbocycles. The molecule has 3 atom stereocenters. The number of hydrogen-bond acceptors (Lipinski definition) is 2. The number of nitrogens with zero attached hydrogens (tertiary/aromatic N) is 1. The van der Waals surface area contributed by atoms with Gasteiger partial charge in [-0.1, -0.05) is 63.2 Å². The van der Waals surface area contributed by atoms with Crippen LogP contribution in [-0.2, 0) is 6.42 Å². The molecule has 0 radical (unpaired) electrons. The lowest BCUT2D eigenvalue weighted by Crippen LogP contribution is -2.40. The predicted octanol–water partition coefficient (Wildman–Crippen LogP) is 6.03. The molecule has 2 nitrogen and oxygen atoms in total. The maximum Gasteiger partial charge on any atom is 0.119 e. The number of ether oxygens (including phenoxy) is 1. The predicted molar refractivity (Wildman–Crippen MR) is 119 cm³/mol. The van der Waals surface area contributed by atoms with Crippen LogP contribution in [0.15, 0.2) is 54.6 Å². The molecule has 152 valence electrons. The fraction of sp³-hybridized carbons (Fsp3) is 0.538. The summed E-state index contributed by atoms with van der Waals surface area (Å²) in [5.74, 6) is 2.93. The third kappa shape index (κ3) is 5.38. The molecule has 0 N–H and O–H groups in total. The maximum absolute atomic E-state index is 5.52. The lowest BCUT2D eigenvalue weighted by molar-refractivity contribution is 0.0827. The molecule has 28 heavy (non-hydrogen) atoms. The van der Waals surface area contributed by atoms with Gasteiger partial charge in [0.15, 0.2) is 0 Å². The van der Waals surface area contributed by atoms with Gasteiger partial charge in [0.05, 0.1) is 7.11 Å². The van der Waals surface area contributed by atoms with E-state index in [9.17, 15) is 0 Å². The van der Waals surface area contributed by atoms with Gasteiger partial charge in [0, 0.05) is 13.1 Å². The second-order valence-electron chi connectivity index (χ2n) is 9.61. The molecule has 0 amide bonds. The molecule has 0 bridgehead atoms. The van der Waals surface area contributed by atoms with Gasteiger partial charge >= 0.3 is 0 Å². The normalized spacial score (nSPS) is 24.3. The molecule has 0 aromatic heterocycles. The van der Waals surface area contributed by atoms with Crippen molar-refractivity contribution in [1.29, 1.82) is 0 Å². The Hall–Kier alpha value is -1.80. The van der Waals surface area contributed by atoms with E-state index in [1.165, 1.54) is 24.0 Å². The van der Waals surface area contributed by atoms with Crippen LogP contribution >= 0.6 is 0 Å². The van der Waals surface area contributed by atoms with Crippen molar-refractivity contribution < 1.29 is 4.74 Å². The average molecular weight is 380 g/mol. The monoisotopic (exact) mass is 379 g/mol. The van der Waals surface area contributed by atoms with Crippen molar-refractivity contribution in [3.8, 4) is 5.75 Å². The molecular weight excluding hydrogens is 342 g/mol. The van der Waals surface area contributed by atoms with E-state index in [0.29, 0.717) is 23.2 Å². The third-order valence-electron chi connectivity index (χ3n) is 6.46. The molecule has 0 spiro atoms. The first-order chi connectivity index (χ1) is 13.4. The molecule has 1 aliphatic rings. The zero-order valence-corrected chi connectivity index (χ0v) is 18.3. The van der Waals surface area contributed by atoms with Gasteiger partial charge in [-0.15, -0.1) is 0 Å². The Kier molecular flexibility index (Phi) is 6.82. The minimum atomic E-state index is 0.416. The van der Waals surface area contributed by atoms with Crippen LogP contribution in [0.3, 0.4) is 0 Å². The van der Waals surface area contributed by atoms with E-state index in [4.69, 9.17) is 4.74 Å².